The molecule has 0 saturated heterocycles. The topological polar surface area (TPSA) is 113 Å². The number of benzene rings is 1. The number of carboxylic acids is 1. The molecular weight excluding hydrogens is 260 g/mol. The number of aliphatic hydroxyl groups is 1. The van der Waals surface area contributed by atoms with Crippen molar-refractivity contribution in [2.45, 2.75) is 19.1 Å². The molecule has 2 atom stereocenters. The number of nitrogens with one attached hydrogen (secondary N) is 1. The lowest BCUT2D eigenvalue weighted by Gasteiger charge is -2.17. The van der Waals surface area contributed by atoms with Crippen LogP contribution in [0.5, 0.6) is 0 Å². The molecule has 5 N–H and O–H groups in total. The van der Waals surface area contributed by atoms with Gasteiger partial charge < -0.3 is 21.3 Å². The van der Waals surface area contributed by atoms with Crippen LogP contribution in [0.1, 0.15) is 17.3 Å². The molecule has 1 aromatic rings. The van der Waals surface area contributed by atoms with Crippen LogP contribution in [0.25, 0.3) is 0 Å². The van der Waals surface area contributed by atoms with E-state index in [0.29, 0.717) is 0 Å². The van der Waals surface area contributed by atoms with Crippen LogP contribution in [0.15, 0.2) is 18.2 Å². The summed E-state index contributed by atoms with van der Waals surface area (Å²) in [6.07, 6.45) is -1.22. The predicted molar refractivity (Wildman–Crippen MR) is 66.4 cm³/mol. The maximum absolute atomic E-state index is 11.8. The van der Waals surface area contributed by atoms with E-state index in [9.17, 15) is 14.7 Å². The highest BCUT2D eigenvalue weighted by Crippen LogP contribution is 2.16. The second-order valence-corrected chi connectivity index (χ2v) is 4.24. The van der Waals surface area contributed by atoms with E-state index in [0.717, 1.165) is 0 Å². The number of hydrogen-bond donors (Lipinski definition) is 4. The molecule has 0 bridgehead atoms. The zero-order chi connectivity index (χ0) is 13.9. The molecule has 0 aliphatic carbocycles. The minimum atomic E-state index is -1.39. The average Bonchev–Trinajstić information content (AvgIpc) is 2.23. The van der Waals surface area contributed by atoms with Crippen molar-refractivity contribution in [3.8, 4) is 0 Å². The molecular formula is C11H13ClN2O4. The minimum absolute atomic E-state index is 0.131. The van der Waals surface area contributed by atoms with Gasteiger partial charge in [-0.1, -0.05) is 11.6 Å². The van der Waals surface area contributed by atoms with Gasteiger partial charge >= 0.3 is 5.97 Å². The number of halogens is 1. The van der Waals surface area contributed by atoms with Crippen LogP contribution >= 0.6 is 11.6 Å². The van der Waals surface area contributed by atoms with Gasteiger partial charge in [0.1, 0.15) is 0 Å². The second kappa shape index (κ2) is 5.70. The van der Waals surface area contributed by atoms with E-state index < -0.39 is 24.0 Å². The summed E-state index contributed by atoms with van der Waals surface area (Å²) >= 11 is 5.73. The highest BCUT2D eigenvalue weighted by atomic mass is 35.5. The van der Waals surface area contributed by atoms with Crippen molar-refractivity contribution in [2.75, 3.05) is 5.73 Å². The summed E-state index contributed by atoms with van der Waals surface area (Å²) in [5.41, 5.74) is 5.94. The number of aliphatic carboxylic acids is 1. The Kier molecular flexibility index (Phi) is 4.52. The van der Waals surface area contributed by atoms with Gasteiger partial charge in [0.25, 0.3) is 5.91 Å². The van der Waals surface area contributed by atoms with Gasteiger partial charge in [0.15, 0.2) is 6.04 Å². The van der Waals surface area contributed by atoms with Gasteiger partial charge in [0.05, 0.1) is 6.10 Å². The summed E-state index contributed by atoms with van der Waals surface area (Å²) in [6.45, 7) is 1.27. The lowest BCUT2D eigenvalue weighted by atomic mass is 10.1. The van der Waals surface area contributed by atoms with Gasteiger partial charge in [0, 0.05) is 16.3 Å². The summed E-state index contributed by atoms with van der Waals surface area (Å²) in [5, 5.41) is 20.5. The number of carbonyl (C=O) groups is 2. The Bertz CT molecular complexity index is 456. The zero-order valence-electron chi connectivity index (χ0n) is 9.55. The smallest absolute Gasteiger partial charge is 0.328 e. The Morgan fingerprint density at radius 2 is 2.00 bits per heavy atom. The van der Waals surface area contributed by atoms with Crippen molar-refractivity contribution in [3.05, 3.63) is 28.8 Å². The van der Waals surface area contributed by atoms with Crippen molar-refractivity contribution in [2.24, 2.45) is 0 Å². The molecule has 18 heavy (non-hydrogen) atoms. The van der Waals surface area contributed by atoms with Gasteiger partial charge in [-0.2, -0.15) is 0 Å². The van der Waals surface area contributed by atoms with Gasteiger partial charge in [-0.15, -0.1) is 0 Å². The largest absolute Gasteiger partial charge is 0.480 e. The summed E-state index contributed by atoms with van der Waals surface area (Å²) in [5.74, 6) is -1.99. The quantitative estimate of drug-likeness (QED) is 0.596. The fraction of sp³-hybridized carbons (Fsp3) is 0.273. The van der Waals surface area contributed by atoms with E-state index in [1.54, 1.807) is 0 Å². The molecule has 0 aliphatic heterocycles. The number of carboxylic acid groups (broad SMARTS) is 1. The highest BCUT2D eigenvalue weighted by Gasteiger charge is 2.25. The van der Waals surface area contributed by atoms with E-state index in [4.69, 9.17) is 22.4 Å². The van der Waals surface area contributed by atoms with E-state index in [2.05, 4.69) is 5.32 Å². The van der Waals surface area contributed by atoms with E-state index in [1.807, 2.05) is 0 Å². The monoisotopic (exact) mass is 272 g/mol. The second-order valence-electron chi connectivity index (χ2n) is 3.80. The molecule has 1 amide bonds. The lowest BCUT2D eigenvalue weighted by Crippen LogP contribution is -2.47. The molecule has 0 radical (unpaired) electrons. The zero-order valence-corrected chi connectivity index (χ0v) is 10.3. The Labute approximate surface area is 108 Å². The molecule has 1 rings (SSSR count). The Morgan fingerprint density at radius 1 is 1.39 bits per heavy atom. The van der Waals surface area contributed by atoms with Gasteiger partial charge in [0.2, 0.25) is 0 Å². The number of hydrogen-bond acceptors (Lipinski definition) is 4. The number of carbonyl (C=O) groups excluding carboxylic acids is 1. The molecule has 6 nitrogen and oxygen atoms in total. The molecule has 0 fully saturated rings. The molecule has 0 spiro atoms. The number of aliphatic hydroxyl groups excluding tert-OH is 1. The first-order valence-corrected chi connectivity index (χ1v) is 5.47. The van der Waals surface area contributed by atoms with E-state index >= 15 is 0 Å². The number of anilines is 1. The van der Waals surface area contributed by atoms with Crippen molar-refractivity contribution < 1.29 is 19.8 Å². The Hall–Kier alpha value is -1.79. The molecule has 0 aromatic heterocycles. The number of rotatable bonds is 4. The van der Waals surface area contributed by atoms with Crippen molar-refractivity contribution >= 4 is 29.2 Å². The third kappa shape index (κ3) is 3.61. The molecule has 2 unspecified atom stereocenters. The van der Waals surface area contributed by atoms with Crippen LogP contribution in [-0.2, 0) is 4.79 Å². The minimum Gasteiger partial charge on any atom is -0.480 e. The van der Waals surface area contributed by atoms with Crippen molar-refractivity contribution in [3.63, 3.8) is 0 Å². The van der Waals surface area contributed by atoms with Crippen molar-refractivity contribution in [1.29, 1.82) is 0 Å². The molecule has 7 heteroatoms. The first kappa shape index (κ1) is 14.3. The van der Waals surface area contributed by atoms with Crippen LogP contribution in [0, 0.1) is 0 Å². The summed E-state index contributed by atoms with van der Waals surface area (Å²) < 4.78 is 0. The highest BCUT2D eigenvalue weighted by molar-refractivity contribution is 6.31. The number of nitrogen functional groups attached to an aromatic ring is 1. The number of nitrogens with two attached hydrogens (primary N) is 1. The van der Waals surface area contributed by atoms with Gasteiger partial charge in [-0.3, -0.25) is 4.79 Å². The van der Waals surface area contributed by atoms with Crippen molar-refractivity contribution in [1.82, 2.24) is 5.32 Å². The molecule has 98 valence electrons. The lowest BCUT2D eigenvalue weighted by molar-refractivity contribution is -0.141. The van der Waals surface area contributed by atoms with Crippen LogP contribution in [-0.4, -0.2) is 34.2 Å². The van der Waals surface area contributed by atoms with Crippen LogP contribution < -0.4 is 11.1 Å². The fourth-order valence-corrected chi connectivity index (χ4v) is 1.60. The Balaban J connectivity index is 2.90. The van der Waals surface area contributed by atoms with Crippen LogP contribution in [0.3, 0.4) is 0 Å². The normalized spacial score (nSPS) is 13.7. The average molecular weight is 273 g/mol. The van der Waals surface area contributed by atoms with E-state index in [1.165, 1.54) is 25.1 Å². The molecule has 0 heterocycles. The van der Waals surface area contributed by atoms with E-state index in [-0.39, 0.29) is 16.3 Å². The predicted octanol–water partition coefficient (Wildman–Crippen LogP) is 0.486. The SMILES string of the molecule is CC(O)C(NC(=O)c1cc(N)cc(Cl)c1)C(=O)O. The first-order chi connectivity index (χ1) is 8.31. The molecule has 0 aliphatic rings. The molecule has 1 aromatic carbocycles. The third-order valence-corrected chi connectivity index (χ3v) is 2.44. The van der Waals surface area contributed by atoms with Gasteiger partial charge in [-0.25, -0.2) is 4.79 Å². The van der Waals surface area contributed by atoms with Crippen LogP contribution in [0.2, 0.25) is 5.02 Å². The maximum atomic E-state index is 11.8. The maximum Gasteiger partial charge on any atom is 0.328 e. The van der Waals surface area contributed by atoms with Crippen LogP contribution in [0.4, 0.5) is 5.69 Å². The summed E-state index contributed by atoms with van der Waals surface area (Å²) in [4.78, 5) is 22.6. The third-order valence-electron chi connectivity index (χ3n) is 2.22. The van der Waals surface area contributed by atoms with Gasteiger partial charge in [-0.05, 0) is 25.1 Å². The first-order valence-electron chi connectivity index (χ1n) is 5.09. The Morgan fingerprint density at radius 3 is 2.44 bits per heavy atom. The summed E-state index contributed by atoms with van der Waals surface area (Å²) in [6, 6.07) is 2.79. The number of amides is 1. The standard InChI is InChI=1S/C11H13ClN2O4/c1-5(15)9(11(17)18)14-10(16)6-2-7(12)4-8(13)3-6/h2-5,9,15H,13H2,1H3,(H,14,16)(H,17,18). The fourth-order valence-electron chi connectivity index (χ4n) is 1.36. The summed E-state index contributed by atoms with van der Waals surface area (Å²) in [7, 11) is 0. The molecule has 0 saturated carbocycles.